The van der Waals surface area contributed by atoms with Gasteiger partial charge in [-0.3, -0.25) is 4.79 Å². The van der Waals surface area contributed by atoms with Crippen LogP contribution in [-0.4, -0.2) is 17.1 Å². The van der Waals surface area contributed by atoms with Gasteiger partial charge >= 0.3 is 0 Å². The van der Waals surface area contributed by atoms with E-state index in [1.165, 1.54) is 17.4 Å². The fourth-order valence-corrected chi connectivity index (χ4v) is 4.49. The van der Waals surface area contributed by atoms with Crippen LogP contribution >= 0.6 is 11.3 Å². The third-order valence-corrected chi connectivity index (χ3v) is 5.87. The van der Waals surface area contributed by atoms with E-state index >= 15 is 0 Å². The summed E-state index contributed by atoms with van der Waals surface area (Å²) in [5, 5.41) is 4.89. The Morgan fingerprint density at radius 3 is 2.79 bits per heavy atom. The molecule has 1 aliphatic heterocycles. The fourth-order valence-electron chi connectivity index (χ4n) is 3.51. The highest BCUT2D eigenvalue weighted by Gasteiger charge is 2.20. The fraction of sp³-hybridized carbons (Fsp3) is 0.273. The zero-order chi connectivity index (χ0) is 20.4. The van der Waals surface area contributed by atoms with Gasteiger partial charge in [0.1, 0.15) is 17.3 Å². The Labute approximate surface area is 172 Å². The SMILES string of the molecule is CCC(CC)n1c(-c2ccc3c(c2)NC(=O)CO3)csc1=Nc1ccccc1F. The number of hydrogen-bond acceptors (Lipinski definition) is 4. The average Bonchev–Trinajstić information content (AvgIpc) is 3.13. The Hall–Kier alpha value is -2.93. The monoisotopic (exact) mass is 411 g/mol. The van der Waals surface area contributed by atoms with Crippen molar-refractivity contribution in [2.45, 2.75) is 32.7 Å². The number of carbonyl (C=O) groups is 1. The molecule has 150 valence electrons. The lowest BCUT2D eigenvalue weighted by molar-refractivity contribution is -0.118. The molecule has 29 heavy (non-hydrogen) atoms. The number of amides is 1. The maximum absolute atomic E-state index is 14.2. The van der Waals surface area contributed by atoms with Crippen LogP contribution in [0, 0.1) is 5.82 Å². The molecule has 0 spiro atoms. The summed E-state index contributed by atoms with van der Waals surface area (Å²) in [6.07, 6.45) is 1.85. The Bertz CT molecular complexity index is 1120. The van der Waals surface area contributed by atoms with Gasteiger partial charge in [0.15, 0.2) is 11.4 Å². The van der Waals surface area contributed by atoms with Gasteiger partial charge in [0.25, 0.3) is 5.91 Å². The molecule has 0 bridgehead atoms. The number of ether oxygens (including phenoxy) is 1. The minimum Gasteiger partial charge on any atom is -0.482 e. The highest BCUT2D eigenvalue weighted by molar-refractivity contribution is 7.07. The summed E-state index contributed by atoms with van der Waals surface area (Å²) in [4.78, 5) is 17.1. The van der Waals surface area contributed by atoms with Crippen LogP contribution in [0.1, 0.15) is 32.7 Å². The van der Waals surface area contributed by atoms with Crippen LogP contribution in [-0.2, 0) is 4.79 Å². The Morgan fingerprint density at radius 2 is 2.03 bits per heavy atom. The van der Waals surface area contributed by atoms with Gasteiger partial charge in [0.2, 0.25) is 0 Å². The molecule has 5 nitrogen and oxygen atoms in total. The summed E-state index contributed by atoms with van der Waals surface area (Å²) in [5.41, 5.74) is 2.93. The van der Waals surface area contributed by atoms with Crippen molar-refractivity contribution < 1.29 is 13.9 Å². The molecule has 0 atom stereocenters. The molecular formula is C22H22FN3O2S. The maximum atomic E-state index is 14.2. The molecule has 2 heterocycles. The molecule has 1 N–H and O–H groups in total. The molecule has 0 saturated carbocycles. The van der Waals surface area contributed by atoms with Gasteiger partial charge in [-0.05, 0) is 43.2 Å². The van der Waals surface area contributed by atoms with Gasteiger partial charge in [-0.15, -0.1) is 11.3 Å². The van der Waals surface area contributed by atoms with E-state index in [1.54, 1.807) is 18.2 Å². The molecule has 1 aliphatic rings. The van der Waals surface area contributed by atoms with E-state index in [4.69, 9.17) is 4.74 Å². The zero-order valence-corrected chi connectivity index (χ0v) is 17.1. The predicted octanol–water partition coefficient (Wildman–Crippen LogP) is 5.28. The van der Waals surface area contributed by atoms with Gasteiger partial charge in [0.05, 0.1) is 11.4 Å². The van der Waals surface area contributed by atoms with Crippen LogP contribution in [0.3, 0.4) is 0 Å². The second-order valence-electron chi connectivity index (χ2n) is 6.85. The van der Waals surface area contributed by atoms with E-state index in [2.05, 4.69) is 28.7 Å². The number of anilines is 1. The molecule has 0 radical (unpaired) electrons. The molecule has 0 fully saturated rings. The zero-order valence-electron chi connectivity index (χ0n) is 16.3. The summed E-state index contributed by atoms with van der Waals surface area (Å²) in [6, 6.07) is 12.5. The number of hydrogen-bond donors (Lipinski definition) is 1. The maximum Gasteiger partial charge on any atom is 0.262 e. The first-order valence-electron chi connectivity index (χ1n) is 9.67. The third-order valence-electron chi connectivity index (χ3n) is 5.03. The van der Waals surface area contributed by atoms with Crippen molar-refractivity contribution in [2.75, 3.05) is 11.9 Å². The molecule has 2 aromatic carbocycles. The normalized spacial score (nSPS) is 13.9. The number of carbonyl (C=O) groups excluding carboxylic acids is 1. The van der Waals surface area contributed by atoms with Gasteiger partial charge in [-0.2, -0.15) is 0 Å². The minimum atomic E-state index is -0.341. The molecule has 0 saturated heterocycles. The Kier molecular flexibility index (Phi) is 5.49. The molecule has 4 rings (SSSR count). The van der Waals surface area contributed by atoms with Crippen LogP contribution in [0.4, 0.5) is 15.8 Å². The van der Waals surface area contributed by atoms with Crippen LogP contribution in [0.15, 0.2) is 52.8 Å². The van der Waals surface area contributed by atoms with Crippen molar-refractivity contribution in [2.24, 2.45) is 4.99 Å². The largest absolute Gasteiger partial charge is 0.482 e. The van der Waals surface area contributed by atoms with Crippen molar-refractivity contribution in [1.82, 2.24) is 4.57 Å². The van der Waals surface area contributed by atoms with E-state index < -0.39 is 0 Å². The summed E-state index contributed by atoms with van der Waals surface area (Å²) < 4.78 is 21.8. The lowest BCUT2D eigenvalue weighted by Crippen LogP contribution is -2.25. The number of thiazole rings is 1. The number of fused-ring (bicyclic) bond motifs is 1. The van der Waals surface area contributed by atoms with Crippen LogP contribution in [0.2, 0.25) is 0 Å². The molecule has 3 aromatic rings. The molecule has 7 heteroatoms. The second kappa shape index (κ2) is 8.21. The van der Waals surface area contributed by atoms with Crippen molar-refractivity contribution in [1.29, 1.82) is 0 Å². The Balaban J connectivity index is 1.87. The van der Waals surface area contributed by atoms with E-state index in [0.717, 1.165) is 28.9 Å². The summed E-state index contributed by atoms with van der Waals surface area (Å²) >= 11 is 1.48. The highest BCUT2D eigenvalue weighted by Crippen LogP contribution is 2.34. The first kappa shape index (κ1) is 19.4. The molecule has 1 aromatic heterocycles. The quantitative estimate of drug-likeness (QED) is 0.621. The predicted molar refractivity (Wildman–Crippen MR) is 113 cm³/mol. The second-order valence-corrected chi connectivity index (χ2v) is 7.69. The standard InChI is InChI=1S/C22H22FN3O2S/c1-3-15(4-2)26-19(13-29-22(26)25-17-8-6-5-7-16(17)23)14-9-10-20-18(11-14)24-21(27)12-28-20/h5-11,13,15H,3-4,12H2,1-2H3,(H,24,27). The number of benzene rings is 2. The van der Waals surface area contributed by atoms with E-state index in [9.17, 15) is 9.18 Å². The van der Waals surface area contributed by atoms with Crippen molar-refractivity contribution >= 4 is 28.6 Å². The molecular weight excluding hydrogens is 389 g/mol. The summed E-state index contributed by atoms with van der Waals surface area (Å²) in [5.74, 6) is 0.157. The average molecular weight is 412 g/mol. The number of halogens is 1. The number of aromatic nitrogens is 1. The number of para-hydroxylation sites is 1. The first-order valence-corrected chi connectivity index (χ1v) is 10.5. The highest BCUT2D eigenvalue weighted by atomic mass is 32.1. The number of nitrogens with one attached hydrogen (secondary N) is 1. The smallest absolute Gasteiger partial charge is 0.262 e. The van der Waals surface area contributed by atoms with E-state index in [1.807, 2.05) is 23.6 Å². The lowest BCUT2D eigenvalue weighted by Gasteiger charge is -2.21. The first-order chi connectivity index (χ1) is 14.1. The summed E-state index contributed by atoms with van der Waals surface area (Å²) in [6.45, 7) is 4.30. The number of rotatable bonds is 5. The molecule has 0 aliphatic carbocycles. The van der Waals surface area contributed by atoms with E-state index in [-0.39, 0.29) is 24.4 Å². The third kappa shape index (κ3) is 3.82. The van der Waals surface area contributed by atoms with Crippen LogP contribution in [0.5, 0.6) is 5.75 Å². The van der Waals surface area contributed by atoms with Crippen molar-refractivity contribution in [3.63, 3.8) is 0 Å². The van der Waals surface area contributed by atoms with Crippen LogP contribution < -0.4 is 14.9 Å². The minimum absolute atomic E-state index is 0.0320. The number of nitrogens with zero attached hydrogens (tertiary/aromatic N) is 2. The van der Waals surface area contributed by atoms with E-state index in [0.29, 0.717) is 17.1 Å². The molecule has 0 unspecified atom stereocenters. The lowest BCUT2D eigenvalue weighted by atomic mass is 10.1. The topological polar surface area (TPSA) is 55.6 Å². The summed E-state index contributed by atoms with van der Waals surface area (Å²) in [7, 11) is 0. The molecule has 1 amide bonds. The van der Waals surface area contributed by atoms with Gasteiger partial charge in [-0.25, -0.2) is 9.38 Å². The van der Waals surface area contributed by atoms with Crippen molar-refractivity contribution in [3.8, 4) is 17.0 Å². The van der Waals surface area contributed by atoms with Gasteiger partial charge in [-0.1, -0.05) is 26.0 Å². The van der Waals surface area contributed by atoms with Gasteiger partial charge in [0, 0.05) is 17.0 Å². The van der Waals surface area contributed by atoms with Crippen LogP contribution in [0.25, 0.3) is 11.3 Å². The Morgan fingerprint density at radius 1 is 1.24 bits per heavy atom. The van der Waals surface area contributed by atoms with Gasteiger partial charge < -0.3 is 14.6 Å². The van der Waals surface area contributed by atoms with Crippen molar-refractivity contribution in [3.05, 3.63) is 58.5 Å².